The van der Waals surface area contributed by atoms with Crippen LogP contribution in [0.15, 0.2) is 18.2 Å². The highest BCUT2D eigenvalue weighted by atomic mass is 15.1. The second kappa shape index (κ2) is 7.54. The van der Waals surface area contributed by atoms with Crippen LogP contribution in [0.2, 0.25) is 0 Å². The van der Waals surface area contributed by atoms with Gasteiger partial charge in [-0.1, -0.05) is 26.8 Å². The lowest BCUT2D eigenvalue weighted by Gasteiger charge is -2.30. The van der Waals surface area contributed by atoms with E-state index in [0.29, 0.717) is 12.0 Å². The van der Waals surface area contributed by atoms with Crippen LogP contribution in [0.3, 0.4) is 0 Å². The maximum absolute atomic E-state index is 3.47. The fraction of sp³-hybridized carbons (Fsp3) is 0.647. The van der Waals surface area contributed by atoms with Crippen molar-refractivity contribution >= 4 is 5.69 Å². The van der Waals surface area contributed by atoms with Crippen molar-refractivity contribution in [3.05, 3.63) is 29.3 Å². The summed E-state index contributed by atoms with van der Waals surface area (Å²) in [5, 5.41) is 3.47. The lowest BCUT2D eigenvalue weighted by molar-refractivity contribution is 0.505. The topological polar surface area (TPSA) is 15.3 Å². The van der Waals surface area contributed by atoms with Crippen molar-refractivity contribution in [1.29, 1.82) is 0 Å². The van der Waals surface area contributed by atoms with E-state index in [1.165, 1.54) is 23.2 Å². The normalized spacial score (nSPS) is 12.8. The van der Waals surface area contributed by atoms with Crippen LogP contribution in [0.4, 0.5) is 5.69 Å². The highest BCUT2D eigenvalue weighted by Gasteiger charge is 2.14. The van der Waals surface area contributed by atoms with Crippen LogP contribution in [0.5, 0.6) is 0 Å². The van der Waals surface area contributed by atoms with Gasteiger partial charge in [0.05, 0.1) is 0 Å². The fourth-order valence-corrected chi connectivity index (χ4v) is 2.18. The number of hydrogen-bond acceptors (Lipinski definition) is 2. The van der Waals surface area contributed by atoms with Gasteiger partial charge in [-0.05, 0) is 56.0 Å². The molecule has 0 amide bonds. The molecule has 0 aliphatic rings. The monoisotopic (exact) mass is 262 g/mol. The van der Waals surface area contributed by atoms with Crippen molar-refractivity contribution in [2.75, 3.05) is 18.5 Å². The smallest absolute Gasteiger partial charge is 0.0368 e. The van der Waals surface area contributed by atoms with E-state index in [1.54, 1.807) is 0 Å². The number of nitrogens with zero attached hydrogens (tertiary/aromatic N) is 1. The number of aryl methyl sites for hydroxylation is 1. The molecular weight excluding hydrogens is 232 g/mol. The van der Waals surface area contributed by atoms with Crippen molar-refractivity contribution in [1.82, 2.24) is 5.32 Å². The molecule has 1 unspecified atom stereocenters. The molecule has 0 fully saturated rings. The standard InChI is InChI=1S/C17H30N2/c1-7-10-18-12-16-8-9-17(11-14(16)4)19(6)15(5)13(2)3/h8-9,11,13,15,18H,7,10,12H2,1-6H3. The first-order valence-electron chi connectivity index (χ1n) is 7.50. The van der Waals surface area contributed by atoms with Crippen LogP contribution >= 0.6 is 0 Å². The molecule has 1 aromatic carbocycles. The summed E-state index contributed by atoms with van der Waals surface area (Å²) in [4.78, 5) is 2.38. The predicted molar refractivity (Wildman–Crippen MR) is 85.9 cm³/mol. The van der Waals surface area contributed by atoms with Crippen molar-refractivity contribution in [3.8, 4) is 0 Å². The average Bonchev–Trinajstić information content (AvgIpc) is 2.39. The molecular formula is C17H30N2. The van der Waals surface area contributed by atoms with Gasteiger partial charge in [0.2, 0.25) is 0 Å². The molecule has 1 N–H and O–H groups in total. The molecule has 0 heterocycles. The van der Waals surface area contributed by atoms with E-state index in [1.807, 2.05) is 0 Å². The fourth-order valence-electron chi connectivity index (χ4n) is 2.18. The van der Waals surface area contributed by atoms with Crippen LogP contribution in [-0.4, -0.2) is 19.6 Å². The molecule has 1 atom stereocenters. The molecule has 0 aromatic heterocycles. The van der Waals surface area contributed by atoms with Gasteiger partial charge in [-0.3, -0.25) is 0 Å². The molecule has 2 heteroatoms. The van der Waals surface area contributed by atoms with E-state index >= 15 is 0 Å². The summed E-state index contributed by atoms with van der Waals surface area (Å²) in [6.07, 6.45) is 1.19. The zero-order valence-electron chi connectivity index (χ0n) is 13.5. The Morgan fingerprint density at radius 3 is 2.42 bits per heavy atom. The molecule has 0 aliphatic heterocycles. The Kier molecular flexibility index (Phi) is 6.36. The molecule has 2 nitrogen and oxygen atoms in total. The van der Waals surface area contributed by atoms with Gasteiger partial charge >= 0.3 is 0 Å². The molecule has 0 bridgehead atoms. The Balaban J connectivity index is 2.75. The van der Waals surface area contributed by atoms with E-state index in [4.69, 9.17) is 0 Å². The summed E-state index contributed by atoms with van der Waals surface area (Å²) in [6.45, 7) is 13.3. The molecule has 0 radical (unpaired) electrons. The van der Waals surface area contributed by atoms with Gasteiger partial charge in [0, 0.05) is 25.3 Å². The third-order valence-electron chi connectivity index (χ3n) is 4.05. The first-order valence-corrected chi connectivity index (χ1v) is 7.50. The van der Waals surface area contributed by atoms with Crippen LogP contribution in [0.1, 0.15) is 45.2 Å². The molecule has 0 aliphatic carbocycles. The zero-order valence-corrected chi connectivity index (χ0v) is 13.5. The van der Waals surface area contributed by atoms with Gasteiger partial charge < -0.3 is 10.2 Å². The van der Waals surface area contributed by atoms with Gasteiger partial charge in [-0.15, -0.1) is 0 Å². The van der Waals surface area contributed by atoms with E-state index in [2.05, 4.69) is 70.1 Å². The van der Waals surface area contributed by atoms with E-state index < -0.39 is 0 Å². The second-order valence-electron chi connectivity index (χ2n) is 5.88. The molecule has 0 saturated heterocycles. The minimum atomic E-state index is 0.559. The van der Waals surface area contributed by atoms with Gasteiger partial charge in [-0.25, -0.2) is 0 Å². The third-order valence-corrected chi connectivity index (χ3v) is 4.05. The van der Waals surface area contributed by atoms with Crippen LogP contribution in [0.25, 0.3) is 0 Å². The van der Waals surface area contributed by atoms with Gasteiger partial charge in [0.25, 0.3) is 0 Å². The molecule has 108 valence electrons. The van der Waals surface area contributed by atoms with E-state index in [0.717, 1.165) is 13.1 Å². The summed E-state index contributed by atoms with van der Waals surface area (Å²) in [6, 6.07) is 7.37. The van der Waals surface area contributed by atoms with E-state index in [9.17, 15) is 0 Å². The SMILES string of the molecule is CCCNCc1ccc(N(C)C(C)C(C)C)cc1C. The number of hydrogen-bond donors (Lipinski definition) is 1. The maximum Gasteiger partial charge on any atom is 0.0368 e. The van der Waals surface area contributed by atoms with Gasteiger partial charge in [0.15, 0.2) is 0 Å². The Morgan fingerprint density at radius 2 is 1.89 bits per heavy atom. The van der Waals surface area contributed by atoms with Crippen molar-refractivity contribution in [2.24, 2.45) is 5.92 Å². The summed E-state index contributed by atoms with van der Waals surface area (Å²) in [7, 11) is 2.19. The van der Waals surface area contributed by atoms with Gasteiger partial charge in [-0.2, -0.15) is 0 Å². The largest absolute Gasteiger partial charge is 0.372 e. The second-order valence-corrected chi connectivity index (χ2v) is 5.88. The lowest BCUT2D eigenvalue weighted by Crippen LogP contribution is -2.33. The summed E-state index contributed by atoms with van der Waals surface area (Å²) in [5.74, 6) is 0.663. The van der Waals surface area contributed by atoms with E-state index in [-0.39, 0.29) is 0 Å². The minimum Gasteiger partial charge on any atom is -0.372 e. The highest BCUT2D eigenvalue weighted by Crippen LogP contribution is 2.22. The summed E-state index contributed by atoms with van der Waals surface area (Å²) < 4.78 is 0. The Bertz CT molecular complexity index is 385. The van der Waals surface area contributed by atoms with Crippen molar-refractivity contribution < 1.29 is 0 Å². The molecule has 0 spiro atoms. The van der Waals surface area contributed by atoms with Crippen molar-refractivity contribution in [2.45, 2.75) is 53.6 Å². The minimum absolute atomic E-state index is 0.559. The van der Waals surface area contributed by atoms with Crippen molar-refractivity contribution in [3.63, 3.8) is 0 Å². The number of anilines is 1. The summed E-state index contributed by atoms with van der Waals surface area (Å²) in [5.41, 5.74) is 4.10. The Labute approximate surface area is 119 Å². The van der Waals surface area contributed by atoms with Crippen LogP contribution in [-0.2, 0) is 6.54 Å². The number of nitrogens with one attached hydrogen (secondary N) is 1. The first-order chi connectivity index (χ1) is 8.97. The Morgan fingerprint density at radius 1 is 1.21 bits per heavy atom. The van der Waals surface area contributed by atoms with Crippen LogP contribution < -0.4 is 10.2 Å². The first kappa shape index (κ1) is 16.0. The van der Waals surface area contributed by atoms with Gasteiger partial charge in [0.1, 0.15) is 0 Å². The number of rotatable bonds is 7. The molecule has 1 aromatic rings. The highest BCUT2D eigenvalue weighted by molar-refractivity contribution is 5.51. The zero-order chi connectivity index (χ0) is 14.4. The average molecular weight is 262 g/mol. The summed E-state index contributed by atoms with van der Waals surface area (Å²) >= 11 is 0. The maximum atomic E-state index is 3.47. The molecule has 1 rings (SSSR count). The lowest BCUT2D eigenvalue weighted by atomic mass is 10.0. The van der Waals surface area contributed by atoms with Crippen LogP contribution in [0, 0.1) is 12.8 Å². The molecule has 19 heavy (non-hydrogen) atoms. The Hall–Kier alpha value is -1.02. The quantitative estimate of drug-likeness (QED) is 0.748. The molecule has 0 saturated carbocycles. The number of benzene rings is 1. The third kappa shape index (κ3) is 4.54. The predicted octanol–water partition coefficient (Wildman–Crippen LogP) is 3.98.